The normalized spacial score (nSPS) is 34.6. The van der Waals surface area contributed by atoms with Crippen molar-refractivity contribution >= 4 is 29.1 Å². The standard InChI is InChI=1S/C38H45ClO8/c1-18(2)21-11-13-36(8)17-23(21)26-29(41)27-28(40)24-15-20-16-25-35(6,7)47-37(32(20)42,14-9-19(3)33(43)44)38(24,25)46-31(27)22(30(26)45-36)10-12-34(4,5)39/h9,15,20,23,25,41H,10-14,16-17H2,1-8H3,(H,43,44)/b19-9-/t20-,23+,25+,36-,37+,38-/m1/s1. The second-order valence-corrected chi connectivity index (χ2v) is 17.3. The number of hydrogen-bond donors (Lipinski definition) is 2. The van der Waals surface area contributed by atoms with E-state index in [1.54, 1.807) is 6.08 Å². The highest BCUT2D eigenvalue weighted by molar-refractivity contribution is 6.23. The van der Waals surface area contributed by atoms with Crippen molar-refractivity contribution in [3.63, 3.8) is 0 Å². The number of benzene rings is 1. The Kier molecular flexibility index (Phi) is 6.89. The zero-order valence-corrected chi connectivity index (χ0v) is 29.3. The summed E-state index contributed by atoms with van der Waals surface area (Å²) in [5, 5.41) is 21.9. The summed E-state index contributed by atoms with van der Waals surface area (Å²) in [6.45, 7) is 15.4. The van der Waals surface area contributed by atoms with Crippen molar-refractivity contribution < 1.29 is 38.8 Å². The lowest BCUT2D eigenvalue weighted by atomic mass is 9.51. The summed E-state index contributed by atoms with van der Waals surface area (Å²) in [5.74, 6) is -2.18. The molecule has 0 radical (unpaired) electrons. The van der Waals surface area contributed by atoms with Gasteiger partial charge in [-0.3, -0.25) is 9.59 Å². The molecule has 6 bridgehead atoms. The number of halogens is 1. The SMILES string of the molecule is CC(C)=C1CC[C@]2(C)C[C@@H]1c1c(O)c3c(c(CCC(C)(C)Cl)c1O2)O[C@]12C(=C[C@@H]4C[C@H]1C(C)(C)O[C@@]2(C/C=C(/C)C(=O)O)C4=O)C3=O. The third kappa shape index (κ3) is 4.32. The maximum atomic E-state index is 15.0. The van der Waals surface area contributed by atoms with Crippen LogP contribution in [0.1, 0.15) is 121 Å². The lowest BCUT2D eigenvalue weighted by molar-refractivity contribution is -0.171. The first-order valence-corrected chi connectivity index (χ1v) is 17.2. The number of aliphatic carboxylic acids is 1. The second kappa shape index (κ2) is 9.97. The monoisotopic (exact) mass is 664 g/mol. The Balaban J connectivity index is 1.52. The molecule has 0 aromatic heterocycles. The molecule has 0 unspecified atom stereocenters. The van der Waals surface area contributed by atoms with E-state index in [2.05, 4.69) is 20.8 Å². The van der Waals surface area contributed by atoms with Gasteiger partial charge in [-0.05, 0) is 93.9 Å². The number of fused-ring (bicyclic) bond motifs is 5. The fraction of sp³-hybridized carbons (Fsp3) is 0.605. The largest absolute Gasteiger partial charge is 0.507 e. The number of carbonyl (C=O) groups is 3. The maximum Gasteiger partial charge on any atom is 0.330 e. The number of rotatable bonds is 6. The fourth-order valence-corrected chi connectivity index (χ4v) is 9.73. The minimum atomic E-state index is -1.63. The molecule has 1 aromatic rings. The summed E-state index contributed by atoms with van der Waals surface area (Å²) < 4.78 is 20.9. The van der Waals surface area contributed by atoms with Gasteiger partial charge in [0.25, 0.3) is 0 Å². The highest BCUT2D eigenvalue weighted by Crippen LogP contribution is 2.69. The van der Waals surface area contributed by atoms with E-state index < -0.39 is 39.2 Å². The van der Waals surface area contributed by atoms with Crippen molar-refractivity contribution in [2.75, 3.05) is 0 Å². The number of Topliss-reactive ketones (excluding diaryl/α,β-unsaturated/α-hetero) is 2. The quantitative estimate of drug-likeness (QED) is 0.182. The van der Waals surface area contributed by atoms with Gasteiger partial charge in [0.05, 0.1) is 5.60 Å². The first kappa shape index (κ1) is 32.4. The van der Waals surface area contributed by atoms with Crippen molar-refractivity contribution in [3.8, 4) is 17.2 Å². The van der Waals surface area contributed by atoms with Gasteiger partial charge in [0.2, 0.25) is 0 Å². The molecule has 3 heterocycles. The van der Waals surface area contributed by atoms with Gasteiger partial charge in [0.15, 0.2) is 22.8 Å². The Bertz CT molecular complexity index is 1750. The fourth-order valence-electron chi connectivity index (χ4n) is 9.63. The van der Waals surface area contributed by atoms with Crippen LogP contribution in [0.3, 0.4) is 0 Å². The highest BCUT2D eigenvalue weighted by atomic mass is 35.5. The number of carbonyl (C=O) groups excluding carboxylic acids is 2. The smallest absolute Gasteiger partial charge is 0.330 e. The Labute approximate surface area is 281 Å². The first-order valence-electron chi connectivity index (χ1n) is 16.8. The Morgan fingerprint density at radius 1 is 1.13 bits per heavy atom. The van der Waals surface area contributed by atoms with Gasteiger partial charge in [-0.25, -0.2) is 4.79 Å². The molecule has 9 heteroatoms. The van der Waals surface area contributed by atoms with Crippen molar-refractivity contribution in [3.05, 3.63) is 51.1 Å². The summed E-state index contributed by atoms with van der Waals surface area (Å²) in [7, 11) is 0. The van der Waals surface area contributed by atoms with Gasteiger partial charge in [-0.15, -0.1) is 11.6 Å². The van der Waals surface area contributed by atoms with E-state index in [1.807, 2.05) is 27.7 Å². The van der Waals surface area contributed by atoms with Crippen LogP contribution < -0.4 is 9.47 Å². The number of carboxylic acid groups (broad SMARTS) is 1. The van der Waals surface area contributed by atoms with Gasteiger partial charge in [0.1, 0.15) is 28.4 Å². The molecule has 0 amide bonds. The summed E-state index contributed by atoms with van der Waals surface area (Å²) >= 11 is 6.77. The summed E-state index contributed by atoms with van der Waals surface area (Å²) in [4.78, 5) is 40.7. The molecule has 252 valence electrons. The van der Waals surface area contributed by atoms with Crippen LogP contribution in [0.25, 0.3) is 0 Å². The van der Waals surface area contributed by atoms with E-state index in [4.69, 9.17) is 25.8 Å². The van der Waals surface area contributed by atoms with E-state index in [0.29, 0.717) is 48.1 Å². The van der Waals surface area contributed by atoms with Gasteiger partial charge in [-0.2, -0.15) is 0 Å². The third-order valence-corrected chi connectivity index (χ3v) is 12.1. The van der Waals surface area contributed by atoms with Crippen molar-refractivity contribution in [1.82, 2.24) is 0 Å². The molecule has 2 saturated carbocycles. The van der Waals surface area contributed by atoms with Gasteiger partial charge >= 0.3 is 5.97 Å². The molecule has 3 fully saturated rings. The van der Waals surface area contributed by atoms with Crippen LogP contribution in [0.2, 0.25) is 0 Å². The van der Waals surface area contributed by atoms with Crippen LogP contribution in [0.4, 0.5) is 0 Å². The van der Waals surface area contributed by atoms with Crippen molar-refractivity contribution in [1.29, 1.82) is 0 Å². The van der Waals surface area contributed by atoms with E-state index in [1.165, 1.54) is 24.1 Å². The van der Waals surface area contributed by atoms with Gasteiger partial charge < -0.3 is 24.4 Å². The van der Waals surface area contributed by atoms with Crippen LogP contribution in [0.15, 0.2) is 34.4 Å². The summed E-state index contributed by atoms with van der Waals surface area (Å²) in [6.07, 6.45) is 6.87. The third-order valence-electron chi connectivity index (χ3n) is 11.9. The Morgan fingerprint density at radius 3 is 2.47 bits per heavy atom. The number of phenolic OH excluding ortho intramolecular Hbond substituents is 1. The van der Waals surface area contributed by atoms with Crippen LogP contribution in [-0.2, 0) is 20.7 Å². The lowest BCUT2D eigenvalue weighted by Crippen LogP contribution is -2.72. The summed E-state index contributed by atoms with van der Waals surface area (Å²) in [5.41, 5.74) is -0.294. The number of phenols is 1. The minimum absolute atomic E-state index is 0.0676. The molecule has 2 N–H and O–H groups in total. The Hall–Kier alpha value is -3.10. The van der Waals surface area contributed by atoms with E-state index >= 15 is 4.79 Å². The van der Waals surface area contributed by atoms with Crippen molar-refractivity contribution in [2.24, 2.45) is 11.8 Å². The number of ether oxygens (including phenoxy) is 3. The molecule has 8 rings (SSSR count). The Morgan fingerprint density at radius 2 is 1.83 bits per heavy atom. The molecule has 1 spiro atoms. The molecule has 1 saturated heterocycles. The number of aromatic hydroxyl groups is 1. The number of allylic oxidation sites excluding steroid dienone is 3. The van der Waals surface area contributed by atoms with Gasteiger partial charge in [-0.1, -0.05) is 23.3 Å². The highest BCUT2D eigenvalue weighted by Gasteiger charge is 2.81. The average molecular weight is 665 g/mol. The van der Waals surface area contributed by atoms with Crippen LogP contribution in [0, 0.1) is 11.8 Å². The predicted octanol–water partition coefficient (Wildman–Crippen LogP) is 7.52. The molecule has 47 heavy (non-hydrogen) atoms. The van der Waals surface area contributed by atoms with Gasteiger partial charge in [0, 0.05) is 51.3 Å². The van der Waals surface area contributed by atoms with Crippen LogP contribution in [0.5, 0.6) is 17.2 Å². The molecule has 1 aromatic carbocycles. The van der Waals surface area contributed by atoms with Crippen LogP contribution >= 0.6 is 11.6 Å². The average Bonchev–Trinajstić information content (AvgIpc) is 3.11. The zero-order valence-electron chi connectivity index (χ0n) is 28.6. The zero-order chi connectivity index (χ0) is 34.2. The molecule has 4 aliphatic carbocycles. The first-order chi connectivity index (χ1) is 21.8. The summed E-state index contributed by atoms with van der Waals surface area (Å²) in [6, 6.07) is 0. The number of hydrogen-bond acceptors (Lipinski definition) is 7. The van der Waals surface area contributed by atoms with E-state index in [-0.39, 0.29) is 52.5 Å². The molecule has 8 nitrogen and oxygen atoms in total. The second-order valence-electron chi connectivity index (χ2n) is 16.3. The van der Waals surface area contributed by atoms with Crippen molar-refractivity contribution in [2.45, 2.75) is 134 Å². The molecule has 3 aliphatic heterocycles. The molecular formula is C38H45ClO8. The lowest BCUT2D eigenvalue weighted by Gasteiger charge is -2.56. The topological polar surface area (TPSA) is 119 Å². The van der Waals surface area contributed by atoms with Crippen LogP contribution in [-0.4, -0.2) is 55.0 Å². The number of carboxylic acids is 1. The predicted molar refractivity (Wildman–Crippen MR) is 177 cm³/mol. The number of ketones is 2. The van der Waals surface area contributed by atoms with E-state index in [9.17, 15) is 19.8 Å². The number of alkyl halides is 1. The molecule has 7 aliphatic rings. The van der Waals surface area contributed by atoms with E-state index in [0.717, 1.165) is 12.8 Å². The minimum Gasteiger partial charge on any atom is -0.507 e. The molecular weight excluding hydrogens is 620 g/mol. The maximum absolute atomic E-state index is 15.0. The molecule has 6 atom stereocenters.